The van der Waals surface area contributed by atoms with E-state index in [4.69, 9.17) is 0 Å². The summed E-state index contributed by atoms with van der Waals surface area (Å²) in [7, 11) is 6.13. The van der Waals surface area contributed by atoms with Crippen LogP contribution in [0.1, 0.15) is 38.5 Å². The molecule has 4 aliphatic carbocycles. The first kappa shape index (κ1) is 11.9. The lowest BCUT2D eigenvalue weighted by atomic mass is 9.45. The summed E-state index contributed by atoms with van der Waals surface area (Å²) in [5.74, 6) is 0. The normalized spacial score (nSPS) is 56.5. The first-order valence-electron chi connectivity index (χ1n) is 6.72. The Labute approximate surface area is 104 Å². The van der Waals surface area contributed by atoms with Gasteiger partial charge >= 0.3 is 0 Å². The number of nitrogens with one attached hydrogen (secondary N) is 3. The summed E-state index contributed by atoms with van der Waals surface area (Å²) in [6, 6.07) is 0. The van der Waals surface area contributed by atoms with Crippen LogP contribution in [0, 0.1) is 0 Å². The molecule has 0 radical (unpaired) electrons. The summed E-state index contributed by atoms with van der Waals surface area (Å²) in [5, 5.41) is 21.4. The van der Waals surface area contributed by atoms with Crippen molar-refractivity contribution in [1.82, 2.24) is 16.0 Å². The van der Waals surface area contributed by atoms with Crippen molar-refractivity contribution in [1.29, 1.82) is 0 Å². The van der Waals surface area contributed by atoms with Crippen molar-refractivity contribution in [3.05, 3.63) is 0 Å². The second-order valence-corrected chi connectivity index (χ2v) is 6.88. The highest BCUT2D eigenvalue weighted by molar-refractivity contribution is 5.26. The third-order valence-electron chi connectivity index (χ3n) is 5.62. The van der Waals surface area contributed by atoms with Crippen molar-refractivity contribution in [3.8, 4) is 0 Å². The first-order chi connectivity index (χ1) is 7.92. The van der Waals surface area contributed by atoms with Gasteiger partial charge in [0.2, 0.25) is 0 Å². The van der Waals surface area contributed by atoms with Crippen molar-refractivity contribution in [2.24, 2.45) is 0 Å². The molecular weight excluding hydrogens is 214 g/mol. The second-order valence-electron chi connectivity index (χ2n) is 6.88. The van der Waals surface area contributed by atoms with E-state index in [-0.39, 0.29) is 16.6 Å². The summed E-state index contributed by atoms with van der Waals surface area (Å²) < 4.78 is 0. The number of hydrogen-bond acceptors (Lipinski definition) is 4. The third-order valence-corrected chi connectivity index (χ3v) is 5.62. The van der Waals surface area contributed by atoms with Crippen LogP contribution in [0.2, 0.25) is 0 Å². The summed E-state index contributed by atoms with van der Waals surface area (Å²) in [6.45, 7) is 0. The van der Waals surface area contributed by atoms with E-state index in [9.17, 15) is 5.11 Å². The zero-order valence-corrected chi connectivity index (χ0v) is 11.2. The van der Waals surface area contributed by atoms with Gasteiger partial charge < -0.3 is 21.1 Å². The topological polar surface area (TPSA) is 56.3 Å². The van der Waals surface area contributed by atoms with Crippen LogP contribution in [-0.4, -0.2) is 48.5 Å². The van der Waals surface area contributed by atoms with Gasteiger partial charge in [-0.25, -0.2) is 0 Å². The van der Waals surface area contributed by atoms with E-state index in [0.717, 1.165) is 38.5 Å². The summed E-state index contributed by atoms with van der Waals surface area (Å²) in [4.78, 5) is 0. The lowest BCUT2D eigenvalue weighted by Gasteiger charge is -2.69. The van der Waals surface area contributed by atoms with E-state index in [1.807, 2.05) is 21.1 Å². The number of hydrogen-bond donors (Lipinski definition) is 4. The van der Waals surface area contributed by atoms with Gasteiger partial charge in [0.15, 0.2) is 0 Å². The van der Waals surface area contributed by atoms with Crippen LogP contribution < -0.4 is 16.0 Å². The molecule has 0 saturated heterocycles. The summed E-state index contributed by atoms with van der Waals surface area (Å²) in [5.41, 5.74) is -0.176. The van der Waals surface area contributed by atoms with Gasteiger partial charge in [-0.15, -0.1) is 0 Å². The molecule has 0 heterocycles. The number of aliphatic hydroxyl groups is 1. The standard InChI is InChI=1S/C13H25N3O/c1-14-10-4-11(15-2)6-12(5-10,16-3)9-13(17,7-10)8-11/h14-17H,4-9H2,1-3H3. The predicted molar refractivity (Wildman–Crippen MR) is 68.0 cm³/mol. The molecule has 4 N–H and O–H groups in total. The summed E-state index contributed by atoms with van der Waals surface area (Å²) in [6.07, 6.45) is 6.13. The Bertz CT molecular complexity index is 285. The molecule has 4 saturated carbocycles. The average molecular weight is 239 g/mol. The third kappa shape index (κ3) is 1.51. The molecular formula is C13H25N3O. The minimum atomic E-state index is -0.496. The van der Waals surface area contributed by atoms with Gasteiger partial charge in [0, 0.05) is 16.6 Å². The Morgan fingerprint density at radius 2 is 0.941 bits per heavy atom. The fourth-order valence-electron chi connectivity index (χ4n) is 5.38. The second kappa shape index (κ2) is 3.23. The van der Waals surface area contributed by atoms with Gasteiger partial charge in [-0.1, -0.05) is 0 Å². The van der Waals surface area contributed by atoms with Crippen LogP contribution in [0.3, 0.4) is 0 Å². The highest BCUT2D eigenvalue weighted by atomic mass is 16.3. The molecule has 0 aliphatic heterocycles. The predicted octanol–water partition coefficient (Wildman–Crippen LogP) is -0.0265. The Balaban J connectivity index is 2.06. The maximum atomic E-state index is 10.9. The van der Waals surface area contributed by atoms with Crippen LogP contribution >= 0.6 is 0 Å². The minimum absolute atomic E-state index is 0.107. The lowest BCUT2D eigenvalue weighted by molar-refractivity contribution is -0.171. The van der Waals surface area contributed by atoms with Crippen LogP contribution in [-0.2, 0) is 0 Å². The molecule has 4 nitrogen and oxygen atoms in total. The highest BCUT2D eigenvalue weighted by Crippen LogP contribution is 2.60. The van der Waals surface area contributed by atoms with Crippen LogP contribution in [0.4, 0.5) is 0 Å². The van der Waals surface area contributed by atoms with Gasteiger partial charge in [0.25, 0.3) is 0 Å². The first-order valence-corrected chi connectivity index (χ1v) is 6.72. The average Bonchev–Trinajstić information content (AvgIpc) is 2.26. The maximum absolute atomic E-state index is 10.9. The molecule has 0 aromatic carbocycles. The lowest BCUT2D eigenvalue weighted by Crippen LogP contribution is -2.79. The van der Waals surface area contributed by atoms with Gasteiger partial charge in [-0.05, 0) is 59.7 Å². The van der Waals surface area contributed by atoms with Crippen LogP contribution in [0.25, 0.3) is 0 Å². The Morgan fingerprint density at radius 3 is 1.18 bits per heavy atom. The molecule has 0 spiro atoms. The number of rotatable bonds is 3. The summed E-state index contributed by atoms with van der Waals surface area (Å²) >= 11 is 0. The van der Waals surface area contributed by atoms with Gasteiger partial charge in [-0.2, -0.15) is 0 Å². The fourth-order valence-corrected chi connectivity index (χ4v) is 5.38. The van der Waals surface area contributed by atoms with E-state index >= 15 is 0 Å². The van der Waals surface area contributed by atoms with Crippen molar-refractivity contribution in [2.45, 2.75) is 60.7 Å². The molecule has 98 valence electrons. The van der Waals surface area contributed by atoms with Gasteiger partial charge in [-0.3, -0.25) is 0 Å². The minimum Gasteiger partial charge on any atom is -0.390 e. The van der Waals surface area contributed by atoms with Crippen LogP contribution in [0.15, 0.2) is 0 Å². The molecule has 4 bridgehead atoms. The molecule has 4 fully saturated rings. The molecule has 4 heteroatoms. The van der Waals surface area contributed by atoms with Crippen molar-refractivity contribution >= 4 is 0 Å². The SMILES string of the molecule is CNC12CC3(O)CC(NC)(C1)CC(NC)(C3)C2. The van der Waals surface area contributed by atoms with E-state index < -0.39 is 5.60 Å². The molecule has 0 atom stereocenters. The van der Waals surface area contributed by atoms with E-state index in [1.54, 1.807) is 0 Å². The smallest absolute Gasteiger partial charge is 0.0700 e. The molecule has 0 amide bonds. The van der Waals surface area contributed by atoms with Crippen molar-refractivity contribution < 1.29 is 5.11 Å². The molecule has 17 heavy (non-hydrogen) atoms. The largest absolute Gasteiger partial charge is 0.390 e. The van der Waals surface area contributed by atoms with Crippen molar-refractivity contribution in [3.63, 3.8) is 0 Å². The Kier molecular flexibility index (Phi) is 2.26. The van der Waals surface area contributed by atoms with E-state index in [1.165, 1.54) is 0 Å². The highest BCUT2D eigenvalue weighted by Gasteiger charge is 2.67. The molecule has 0 unspecified atom stereocenters. The van der Waals surface area contributed by atoms with Gasteiger partial charge in [0.05, 0.1) is 5.60 Å². The molecule has 0 aromatic rings. The van der Waals surface area contributed by atoms with E-state index in [2.05, 4.69) is 16.0 Å². The van der Waals surface area contributed by atoms with Crippen molar-refractivity contribution in [2.75, 3.05) is 21.1 Å². The Hall–Kier alpha value is -0.160. The van der Waals surface area contributed by atoms with Crippen LogP contribution in [0.5, 0.6) is 0 Å². The maximum Gasteiger partial charge on any atom is 0.0700 e. The monoisotopic (exact) mass is 239 g/mol. The molecule has 4 rings (SSSR count). The van der Waals surface area contributed by atoms with E-state index in [0.29, 0.717) is 0 Å². The molecule has 0 aromatic heterocycles. The van der Waals surface area contributed by atoms with Gasteiger partial charge in [0.1, 0.15) is 0 Å². The Morgan fingerprint density at radius 1 is 0.647 bits per heavy atom. The molecule has 4 aliphatic rings. The fraction of sp³-hybridized carbons (Fsp3) is 1.00. The zero-order chi connectivity index (χ0) is 12.4. The quantitative estimate of drug-likeness (QED) is 0.559. The zero-order valence-electron chi connectivity index (χ0n) is 11.2.